The first-order valence-corrected chi connectivity index (χ1v) is 12.0. The topological polar surface area (TPSA) is 41.6 Å². The van der Waals surface area contributed by atoms with Gasteiger partial charge >= 0.3 is 0 Å². The maximum absolute atomic E-state index is 12.4. The van der Waals surface area contributed by atoms with E-state index in [1.807, 2.05) is 18.2 Å². The third-order valence-electron chi connectivity index (χ3n) is 5.87. The van der Waals surface area contributed by atoms with Gasteiger partial charge in [-0.3, -0.25) is 9.69 Å². The van der Waals surface area contributed by atoms with Crippen molar-refractivity contribution in [2.24, 2.45) is 0 Å². The van der Waals surface area contributed by atoms with Crippen molar-refractivity contribution < 1.29 is 9.53 Å². The molecule has 0 aliphatic carbocycles. The van der Waals surface area contributed by atoms with E-state index >= 15 is 0 Å². The first kappa shape index (κ1) is 22.5. The van der Waals surface area contributed by atoms with Gasteiger partial charge in [-0.1, -0.05) is 42.0 Å². The van der Waals surface area contributed by atoms with E-state index in [-0.39, 0.29) is 5.91 Å². The van der Waals surface area contributed by atoms with Crippen LogP contribution in [0.1, 0.15) is 28.8 Å². The summed E-state index contributed by atoms with van der Waals surface area (Å²) in [4.78, 5) is 15.8. The molecule has 1 aliphatic rings. The summed E-state index contributed by atoms with van der Waals surface area (Å²) in [5, 5.41) is 5.07. The lowest BCUT2D eigenvalue weighted by Gasteiger charge is -2.31. The maximum Gasteiger partial charge on any atom is 0.248 e. The Kier molecular flexibility index (Phi) is 7.53. The number of ether oxygens (including phenoxy) is 1. The van der Waals surface area contributed by atoms with Gasteiger partial charge in [-0.05, 0) is 73.2 Å². The zero-order chi connectivity index (χ0) is 22.3. The van der Waals surface area contributed by atoms with Gasteiger partial charge in [-0.25, -0.2) is 0 Å². The number of amides is 1. The maximum atomic E-state index is 12.4. The molecule has 3 aromatic rings. The van der Waals surface area contributed by atoms with Gasteiger partial charge in [0.2, 0.25) is 5.91 Å². The fourth-order valence-corrected chi connectivity index (χ4v) is 4.72. The van der Waals surface area contributed by atoms with E-state index in [0.717, 1.165) is 43.2 Å². The van der Waals surface area contributed by atoms with Crippen molar-refractivity contribution in [3.8, 4) is 11.1 Å². The number of carbonyl (C=O) groups excluding carboxylic acids is 1. The van der Waals surface area contributed by atoms with Crippen LogP contribution < -0.4 is 5.32 Å². The van der Waals surface area contributed by atoms with E-state index in [1.54, 1.807) is 17.4 Å². The number of rotatable bonds is 7. The van der Waals surface area contributed by atoms with Crippen LogP contribution in [0.5, 0.6) is 0 Å². The Labute approximate surface area is 194 Å². The third-order valence-corrected chi connectivity index (χ3v) is 6.77. The van der Waals surface area contributed by atoms with Crippen molar-refractivity contribution in [1.29, 1.82) is 0 Å². The molecule has 2 aromatic carbocycles. The summed E-state index contributed by atoms with van der Waals surface area (Å²) in [5.41, 5.74) is 5.67. The molecule has 1 saturated heterocycles. The quantitative estimate of drug-likeness (QED) is 0.454. The number of anilines is 1. The van der Waals surface area contributed by atoms with Crippen molar-refractivity contribution in [1.82, 2.24) is 4.90 Å². The Morgan fingerprint density at radius 1 is 1.09 bits per heavy atom. The number of aryl methyl sites for hydroxylation is 1. The number of nitrogens with zero attached hydrogens (tertiary/aromatic N) is 1. The van der Waals surface area contributed by atoms with Gasteiger partial charge in [0.25, 0.3) is 0 Å². The summed E-state index contributed by atoms with van der Waals surface area (Å²) in [6.07, 6.45) is 5.65. The molecular formula is C27H30N2O2S. The van der Waals surface area contributed by atoms with E-state index in [9.17, 15) is 4.79 Å². The van der Waals surface area contributed by atoms with E-state index in [4.69, 9.17) is 4.74 Å². The van der Waals surface area contributed by atoms with Gasteiger partial charge in [0.15, 0.2) is 0 Å². The van der Waals surface area contributed by atoms with Crippen molar-refractivity contribution >= 4 is 29.0 Å². The molecule has 1 fully saturated rings. The first-order chi connectivity index (χ1) is 15.6. The lowest BCUT2D eigenvalue weighted by Crippen LogP contribution is -2.36. The van der Waals surface area contributed by atoms with Crippen molar-refractivity contribution in [2.45, 2.75) is 32.4 Å². The average Bonchev–Trinajstić information content (AvgIpc) is 3.29. The molecule has 0 radical (unpaired) electrons. The Morgan fingerprint density at radius 3 is 2.53 bits per heavy atom. The number of thiophene rings is 1. The van der Waals surface area contributed by atoms with Crippen molar-refractivity contribution in [2.75, 3.05) is 25.6 Å². The van der Waals surface area contributed by atoms with E-state index in [2.05, 4.69) is 72.0 Å². The molecule has 1 amide bonds. The highest BCUT2D eigenvalue weighted by Gasteiger charge is 2.18. The predicted octanol–water partition coefficient (Wildman–Crippen LogP) is 5.99. The molecule has 2 heterocycles. The van der Waals surface area contributed by atoms with Gasteiger partial charge in [0.1, 0.15) is 0 Å². The summed E-state index contributed by atoms with van der Waals surface area (Å²) < 4.78 is 5.45. The summed E-state index contributed by atoms with van der Waals surface area (Å²) in [7, 11) is 2.17. The minimum absolute atomic E-state index is 0.123. The minimum atomic E-state index is -0.123. The molecule has 4 nitrogen and oxygen atoms in total. The van der Waals surface area contributed by atoms with Crippen LogP contribution in [-0.2, 0) is 16.1 Å². The zero-order valence-corrected chi connectivity index (χ0v) is 19.5. The molecule has 0 bridgehead atoms. The number of carbonyl (C=O) groups is 1. The molecule has 0 unspecified atom stereocenters. The van der Waals surface area contributed by atoms with Crippen LogP contribution >= 0.6 is 11.3 Å². The molecule has 0 atom stereocenters. The molecule has 4 rings (SSSR count). The third kappa shape index (κ3) is 6.16. The van der Waals surface area contributed by atoms with Crippen LogP contribution in [0, 0.1) is 6.92 Å². The summed E-state index contributed by atoms with van der Waals surface area (Å²) in [6.45, 7) is 4.70. The summed E-state index contributed by atoms with van der Waals surface area (Å²) in [6, 6.07) is 19.3. The van der Waals surface area contributed by atoms with Gasteiger partial charge in [-0.15, -0.1) is 11.3 Å². The molecule has 1 aromatic heterocycles. The summed E-state index contributed by atoms with van der Waals surface area (Å²) in [5.74, 6) is -0.123. The Morgan fingerprint density at radius 2 is 1.81 bits per heavy atom. The Hall–Kier alpha value is -2.73. The van der Waals surface area contributed by atoms with Gasteiger partial charge in [-0.2, -0.15) is 0 Å². The minimum Gasteiger partial charge on any atom is -0.381 e. The Bertz CT molecular complexity index is 1050. The van der Waals surface area contributed by atoms with E-state index in [1.165, 1.54) is 22.3 Å². The lowest BCUT2D eigenvalue weighted by molar-refractivity contribution is -0.111. The van der Waals surface area contributed by atoms with Gasteiger partial charge in [0.05, 0.1) is 0 Å². The van der Waals surface area contributed by atoms with Gasteiger partial charge < -0.3 is 10.1 Å². The smallest absolute Gasteiger partial charge is 0.248 e. The number of hydrogen-bond donors (Lipinski definition) is 1. The van der Waals surface area contributed by atoms with Crippen molar-refractivity contribution in [3.63, 3.8) is 0 Å². The normalized spacial score (nSPS) is 14.8. The standard InChI is InChI=1S/C27H30N2O2S/c1-20-3-7-22(8-4-20)23-17-26(32-19-23)11-12-27(30)28-24-9-5-21(6-10-24)18-29(2)25-13-15-31-16-14-25/h3-12,17,19,25H,13-16,18H2,1-2H3,(H,28,30). The molecule has 166 valence electrons. The number of nitrogens with one attached hydrogen (secondary N) is 1. The molecule has 1 aliphatic heterocycles. The Balaban J connectivity index is 1.29. The second-order valence-electron chi connectivity index (χ2n) is 8.38. The fraction of sp³-hybridized carbons (Fsp3) is 0.296. The second-order valence-corrected chi connectivity index (χ2v) is 9.32. The monoisotopic (exact) mass is 446 g/mol. The highest BCUT2D eigenvalue weighted by molar-refractivity contribution is 7.11. The highest BCUT2D eigenvalue weighted by atomic mass is 32.1. The van der Waals surface area contributed by atoms with E-state index in [0.29, 0.717) is 6.04 Å². The van der Waals surface area contributed by atoms with Crippen LogP contribution in [-0.4, -0.2) is 37.1 Å². The summed E-state index contributed by atoms with van der Waals surface area (Å²) >= 11 is 1.64. The molecule has 1 N–H and O–H groups in total. The predicted molar refractivity (Wildman–Crippen MR) is 134 cm³/mol. The van der Waals surface area contributed by atoms with Crippen LogP contribution in [0.2, 0.25) is 0 Å². The number of benzene rings is 2. The first-order valence-electron chi connectivity index (χ1n) is 11.1. The molecular weight excluding hydrogens is 416 g/mol. The fourth-order valence-electron chi connectivity index (χ4n) is 3.92. The van der Waals surface area contributed by atoms with Gasteiger partial charge in [0, 0.05) is 42.4 Å². The zero-order valence-electron chi connectivity index (χ0n) is 18.7. The van der Waals surface area contributed by atoms with Crippen molar-refractivity contribution in [3.05, 3.63) is 82.1 Å². The molecule has 0 saturated carbocycles. The average molecular weight is 447 g/mol. The lowest BCUT2D eigenvalue weighted by atomic mass is 10.1. The van der Waals surface area contributed by atoms with Crippen LogP contribution in [0.25, 0.3) is 17.2 Å². The SMILES string of the molecule is Cc1ccc(-c2csc(C=CC(=O)Nc3ccc(CN(C)C4CCOCC4)cc3)c2)cc1. The molecule has 32 heavy (non-hydrogen) atoms. The largest absolute Gasteiger partial charge is 0.381 e. The second kappa shape index (κ2) is 10.7. The molecule has 5 heteroatoms. The number of hydrogen-bond acceptors (Lipinski definition) is 4. The van der Waals surface area contributed by atoms with Crippen LogP contribution in [0.3, 0.4) is 0 Å². The van der Waals surface area contributed by atoms with Crippen LogP contribution in [0.4, 0.5) is 5.69 Å². The van der Waals surface area contributed by atoms with E-state index < -0.39 is 0 Å². The van der Waals surface area contributed by atoms with Crippen LogP contribution in [0.15, 0.2) is 66.1 Å². The highest BCUT2D eigenvalue weighted by Crippen LogP contribution is 2.26. The molecule has 0 spiro atoms.